The molecule has 8 radical (unpaired) electrons. The molecule has 2 N–H and O–H groups in total. The molecule has 5 rings (SSSR count). The molecular formula is C29H25B4Cl2NO4. The normalized spacial score (nSPS) is 20.4. The van der Waals surface area contributed by atoms with Crippen molar-refractivity contribution in [2.24, 2.45) is 5.41 Å². The van der Waals surface area contributed by atoms with E-state index in [0.29, 0.717) is 45.1 Å². The number of fused-ring (bicyclic) bond motifs is 1. The van der Waals surface area contributed by atoms with Crippen LogP contribution in [0.15, 0.2) is 66.7 Å². The van der Waals surface area contributed by atoms with Gasteiger partial charge in [0, 0.05) is 38.7 Å². The molecule has 3 aromatic rings. The van der Waals surface area contributed by atoms with Crippen LogP contribution in [0.2, 0.25) is 10.0 Å². The van der Waals surface area contributed by atoms with Crippen molar-refractivity contribution in [2.45, 2.75) is 55.4 Å². The van der Waals surface area contributed by atoms with Gasteiger partial charge in [0.25, 0.3) is 5.91 Å². The highest BCUT2D eigenvalue weighted by atomic mass is 35.5. The minimum absolute atomic E-state index is 0.0732. The Morgan fingerprint density at radius 3 is 1.95 bits per heavy atom. The highest BCUT2D eigenvalue weighted by Crippen LogP contribution is 2.61. The molecule has 0 saturated heterocycles. The lowest BCUT2D eigenvalue weighted by molar-refractivity contribution is -0.168. The molecule has 3 aromatic carbocycles. The lowest BCUT2D eigenvalue weighted by Gasteiger charge is -2.51. The van der Waals surface area contributed by atoms with Gasteiger partial charge in [0.05, 0.1) is 21.3 Å². The molecule has 0 bridgehead atoms. The molecule has 1 saturated carbocycles. The van der Waals surface area contributed by atoms with E-state index >= 15 is 0 Å². The topological polar surface area (TPSA) is 70.0 Å². The van der Waals surface area contributed by atoms with Crippen LogP contribution in [-0.4, -0.2) is 63.2 Å². The number of ether oxygens (including phenoxy) is 1. The van der Waals surface area contributed by atoms with Crippen LogP contribution in [0, 0.1) is 5.41 Å². The second-order valence-corrected chi connectivity index (χ2v) is 12.2. The number of hydrogen-bond donors (Lipinski definition) is 2. The maximum Gasteiger partial charge on any atom is 0.257 e. The highest BCUT2D eigenvalue weighted by molar-refractivity contribution is 6.45. The summed E-state index contributed by atoms with van der Waals surface area (Å²) in [4.78, 5) is 15.8. The summed E-state index contributed by atoms with van der Waals surface area (Å²) in [5.74, 6) is -0.387. The van der Waals surface area contributed by atoms with Crippen LogP contribution in [0.4, 0.5) is 0 Å². The van der Waals surface area contributed by atoms with Crippen LogP contribution in [0.1, 0.15) is 59.3 Å². The van der Waals surface area contributed by atoms with Gasteiger partial charge in [-0.1, -0.05) is 59.6 Å². The summed E-state index contributed by atoms with van der Waals surface area (Å²) in [6, 6.07) is 18.9. The van der Waals surface area contributed by atoms with Gasteiger partial charge in [0.1, 0.15) is 15.7 Å². The van der Waals surface area contributed by atoms with E-state index in [9.17, 15) is 15.0 Å². The number of hydrogen-bond acceptors (Lipinski definition) is 4. The fraction of sp³-hybridized carbons (Fsp3) is 0.345. The van der Waals surface area contributed by atoms with Gasteiger partial charge in [-0.05, 0) is 79.0 Å². The number of amides is 1. The minimum Gasteiger partial charge on any atom is -0.409 e. The quantitative estimate of drug-likeness (QED) is 0.408. The van der Waals surface area contributed by atoms with Crippen molar-refractivity contribution in [3.63, 3.8) is 0 Å². The second kappa shape index (κ2) is 9.71. The molecule has 196 valence electrons. The van der Waals surface area contributed by atoms with Gasteiger partial charge in [0.2, 0.25) is 0 Å². The van der Waals surface area contributed by atoms with E-state index in [1.54, 1.807) is 80.6 Å². The van der Waals surface area contributed by atoms with Crippen LogP contribution in [0.3, 0.4) is 0 Å². The van der Waals surface area contributed by atoms with Gasteiger partial charge in [-0.25, -0.2) is 0 Å². The van der Waals surface area contributed by atoms with Crippen LogP contribution >= 0.6 is 23.2 Å². The molecule has 40 heavy (non-hydrogen) atoms. The molecule has 0 spiro atoms. The van der Waals surface area contributed by atoms with Crippen LogP contribution < -0.4 is 0 Å². The standard InChI is InChI=1S/C29H25B4Cl2NO4/c1-25(2,38)19-7-12-23-22(15-19)24(37)36(16-17-3-8-20(34)9-4-17)27(23,18-5-10-21(35)11-6-18)40-29(32,33)26(13-14-26)28(30,31)39/h3-12,15,38-39H,13-14,16H2,1-2H3/t27-/m1/s1. The second-order valence-electron chi connectivity index (χ2n) is 11.3. The first-order valence-corrected chi connectivity index (χ1v) is 13.6. The van der Waals surface area contributed by atoms with Crippen LogP contribution in [0.25, 0.3) is 0 Å². The number of aliphatic hydroxyl groups is 2. The zero-order chi connectivity index (χ0) is 29.3. The predicted molar refractivity (Wildman–Crippen MR) is 159 cm³/mol. The van der Waals surface area contributed by atoms with E-state index in [-0.39, 0.29) is 12.5 Å². The molecule has 1 aliphatic heterocycles. The van der Waals surface area contributed by atoms with E-state index in [1.165, 1.54) is 4.90 Å². The molecule has 1 amide bonds. The zero-order valence-electron chi connectivity index (χ0n) is 22.2. The minimum atomic E-state index is -2.26. The third kappa shape index (κ3) is 4.74. The average Bonchev–Trinajstić information content (AvgIpc) is 3.67. The number of carbonyl (C=O) groups excluding carboxylic acids is 1. The van der Waals surface area contributed by atoms with Gasteiger partial charge in [-0.15, -0.1) is 0 Å². The molecule has 5 nitrogen and oxygen atoms in total. The smallest absolute Gasteiger partial charge is 0.257 e. The van der Waals surface area contributed by atoms with Crippen molar-refractivity contribution in [3.05, 3.63) is 105 Å². The zero-order valence-corrected chi connectivity index (χ0v) is 23.7. The SMILES string of the molecule is [B]C([B])(O)C1(C([B])([B])O[C@]2(c3ccc(Cl)cc3)c3ccc(C(C)(C)O)cc3C(=O)N2Cc2ccc(Cl)cc2)CC1. The number of rotatable bonds is 8. The van der Waals surface area contributed by atoms with Crippen molar-refractivity contribution >= 4 is 60.5 Å². The maximum atomic E-state index is 14.3. The lowest BCUT2D eigenvalue weighted by atomic mass is 9.43. The lowest BCUT2D eigenvalue weighted by Crippen LogP contribution is -2.62. The van der Waals surface area contributed by atoms with Gasteiger partial charge < -0.3 is 14.9 Å². The number of nitrogens with zero attached hydrogens (tertiary/aromatic N) is 1. The van der Waals surface area contributed by atoms with Crippen molar-refractivity contribution in [2.75, 3.05) is 0 Å². The maximum absolute atomic E-state index is 14.3. The van der Waals surface area contributed by atoms with E-state index in [1.807, 2.05) is 0 Å². The molecular weight excluding hydrogens is 540 g/mol. The van der Waals surface area contributed by atoms with Crippen LogP contribution in [0.5, 0.6) is 0 Å². The van der Waals surface area contributed by atoms with E-state index in [0.717, 1.165) is 5.56 Å². The van der Waals surface area contributed by atoms with Gasteiger partial charge in [0.15, 0.2) is 5.72 Å². The average molecular weight is 566 g/mol. The molecule has 1 fully saturated rings. The number of carbonyl (C=O) groups is 1. The van der Waals surface area contributed by atoms with Gasteiger partial charge >= 0.3 is 0 Å². The van der Waals surface area contributed by atoms with Gasteiger partial charge in [-0.2, -0.15) is 0 Å². The third-order valence-corrected chi connectivity index (χ3v) is 8.52. The predicted octanol–water partition coefficient (Wildman–Crippen LogP) is 3.85. The fourth-order valence-corrected chi connectivity index (χ4v) is 5.77. The van der Waals surface area contributed by atoms with Crippen LogP contribution in [-0.2, 0) is 22.6 Å². The summed E-state index contributed by atoms with van der Waals surface area (Å²) >= 11 is 12.4. The Hall–Kier alpha value is -2.15. The molecule has 1 aliphatic carbocycles. The number of benzene rings is 3. The Morgan fingerprint density at radius 1 is 0.900 bits per heavy atom. The van der Waals surface area contributed by atoms with Crippen molar-refractivity contribution in [3.8, 4) is 0 Å². The Kier molecular flexibility index (Phi) is 7.12. The summed E-state index contributed by atoms with van der Waals surface area (Å²) in [5.41, 5.74) is -1.80. The first kappa shape index (κ1) is 29.3. The molecule has 1 heterocycles. The highest BCUT2D eigenvalue weighted by Gasteiger charge is 2.65. The monoisotopic (exact) mass is 565 g/mol. The van der Waals surface area contributed by atoms with Crippen molar-refractivity contribution in [1.82, 2.24) is 4.90 Å². The molecule has 1 atom stereocenters. The first-order chi connectivity index (χ1) is 18.5. The fourth-order valence-electron chi connectivity index (χ4n) is 5.51. The van der Waals surface area contributed by atoms with Crippen molar-refractivity contribution in [1.29, 1.82) is 0 Å². The molecule has 0 aromatic heterocycles. The summed E-state index contributed by atoms with van der Waals surface area (Å²) in [7, 11) is 25.2. The number of halogens is 2. The summed E-state index contributed by atoms with van der Waals surface area (Å²) in [6.45, 7) is 3.34. The van der Waals surface area contributed by atoms with Gasteiger partial charge in [-0.3, -0.25) is 9.69 Å². The van der Waals surface area contributed by atoms with E-state index < -0.39 is 27.5 Å². The summed E-state index contributed by atoms with van der Waals surface area (Å²) < 4.78 is 6.71. The van der Waals surface area contributed by atoms with E-state index in [2.05, 4.69) is 0 Å². The van der Waals surface area contributed by atoms with E-state index in [4.69, 9.17) is 59.3 Å². The third-order valence-electron chi connectivity index (χ3n) is 8.02. The largest absolute Gasteiger partial charge is 0.409 e. The Labute approximate surface area is 249 Å². The molecule has 11 heteroatoms. The Balaban J connectivity index is 1.77. The Morgan fingerprint density at radius 2 is 1.45 bits per heavy atom. The molecule has 2 aliphatic rings. The Bertz CT molecular complexity index is 1450. The summed E-state index contributed by atoms with van der Waals surface area (Å²) in [6.07, 6.45) is 0.603. The summed E-state index contributed by atoms with van der Waals surface area (Å²) in [5, 5.41) is 18.1. The van der Waals surface area contributed by atoms with Crippen molar-refractivity contribution < 1.29 is 19.7 Å². The molecule has 0 unspecified atom stereocenters. The first-order valence-electron chi connectivity index (χ1n) is 12.8.